The molecule has 2 rings (SSSR count). The molecule has 1 aliphatic heterocycles. The zero-order valence-corrected chi connectivity index (χ0v) is 10.3. The van der Waals surface area contributed by atoms with Gasteiger partial charge in [-0.2, -0.15) is 0 Å². The average molecular weight is 233 g/mol. The van der Waals surface area contributed by atoms with E-state index in [1.165, 1.54) is 0 Å². The Morgan fingerprint density at radius 3 is 2.71 bits per heavy atom. The molecule has 2 unspecified atom stereocenters. The van der Waals surface area contributed by atoms with Gasteiger partial charge in [0.2, 0.25) is 0 Å². The molecule has 2 atom stereocenters. The molecule has 4 nitrogen and oxygen atoms in total. The number of hydrogen-bond donors (Lipinski definition) is 1. The first kappa shape index (κ1) is 11.9. The summed E-state index contributed by atoms with van der Waals surface area (Å²) >= 11 is 0. The molecule has 92 valence electrons. The second kappa shape index (κ2) is 5.19. The Kier molecular flexibility index (Phi) is 3.64. The molecule has 1 heterocycles. The summed E-state index contributed by atoms with van der Waals surface area (Å²) in [4.78, 5) is 6.41. The lowest BCUT2D eigenvalue weighted by atomic mass is 10.1. The van der Waals surface area contributed by atoms with Crippen molar-refractivity contribution >= 4 is 11.6 Å². The third kappa shape index (κ3) is 2.77. The van der Waals surface area contributed by atoms with Gasteiger partial charge in [0.25, 0.3) is 0 Å². The lowest BCUT2D eigenvalue weighted by Crippen LogP contribution is -2.44. The van der Waals surface area contributed by atoms with Crippen molar-refractivity contribution in [3.8, 4) is 0 Å². The summed E-state index contributed by atoms with van der Waals surface area (Å²) in [5.74, 6) is 0.540. The summed E-state index contributed by atoms with van der Waals surface area (Å²) < 4.78 is 5.53. The molecule has 0 spiro atoms. The number of guanidine groups is 1. The lowest BCUT2D eigenvalue weighted by molar-refractivity contribution is 0.0996. The van der Waals surface area contributed by atoms with Gasteiger partial charge >= 0.3 is 0 Å². The van der Waals surface area contributed by atoms with Crippen LogP contribution in [0.5, 0.6) is 0 Å². The number of likely N-dealkylation sites (N-methyl/N-ethyl adjacent to an activating group) is 1. The molecule has 4 heteroatoms. The van der Waals surface area contributed by atoms with E-state index >= 15 is 0 Å². The molecule has 2 N–H and O–H groups in total. The minimum Gasteiger partial charge on any atom is -0.376 e. The van der Waals surface area contributed by atoms with E-state index in [1.807, 2.05) is 42.3 Å². The van der Waals surface area contributed by atoms with Gasteiger partial charge in [-0.3, -0.25) is 0 Å². The van der Waals surface area contributed by atoms with Crippen LogP contribution < -0.4 is 5.73 Å². The van der Waals surface area contributed by atoms with E-state index in [2.05, 4.69) is 11.9 Å². The van der Waals surface area contributed by atoms with Crippen molar-refractivity contribution in [2.24, 2.45) is 10.7 Å². The van der Waals surface area contributed by atoms with Crippen LogP contribution >= 0.6 is 0 Å². The van der Waals surface area contributed by atoms with Crippen LogP contribution in [-0.2, 0) is 4.74 Å². The van der Waals surface area contributed by atoms with Crippen molar-refractivity contribution in [2.45, 2.75) is 25.5 Å². The van der Waals surface area contributed by atoms with Gasteiger partial charge in [-0.05, 0) is 25.5 Å². The molecule has 0 aromatic heterocycles. The number of nitrogens with zero attached hydrogens (tertiary/aromatic N) is 2. The van der Waals surface area contributed by atoms with Crippen LogP contribution in [0, 0.1) is 0 Å². The van der Waals surface area contributed by atoms with Crippen molar-refractivity contribution in [2.75, 3.05) is 13.7 Å². The molecule has 0 saturated carbocycles. The SMILES string of the molecule is CC1OCCC1N(C)C(N)=Nc1ccccc1. The highest BCUT2D eigenvalue weighted by Crippen LogP contribution is 2.19. The topological polar surface area (TPSA) is 50.9 Å². The van der Waals surface area contributed by atoms with Gasteiger partial charge in [-0.25, -0.2) is 4.99 Å². The van der Waals surface area contributed by atoms with E-state index in [1.54, 1.807) is 0 Å². The van der Waals surface area contributed by atoms with Crippen LogP contribution in [0.2, 0.25) is 0 Å². The number of ether oxygens (including phenoxy) is 1. The van der Waals surface area contributed by atoms with E-state index < -0.39 is 0 Å². The first-order chi connectivity index (χ1) is 8.18. The summed E-state index contributed by atoms with van der Waals surface area (Å²) in [6.45, 7) is 2.87. The first-order valence-corrected chi connectivity index (χ1v) is 5.92. The maximum Gasteiger partial charge on any atom is 0.196 e. The maximum absolute atomic E-state index is 6.01. The fourth-order valence-electron chi connectivity index (χ4n) is 2.11. The molecule has 1 aromatic rings. The molecule has 0 aliphatic carbocycles. The first-order valence-electron chi connectivity index (χ1n) is 5.92. The highest BCUT2D eigenvalue weighted by Gasteiger charge is 2.28. The number of aliphatic imine (C=N–C) groups is 1. The molecule has 1 saturated heterocycles. The molecule has 17 heavy (non-hydrogen) atoms. The second-order valence-corrected chi connectivity index (χ2v) is 4.35. The zero-order chi connectivity index (χ0) is 12.3. The normalized spacial score (nSPS) is 24.9. The largest absolute Gasteiger partial charge is 0.376 e. The van der Waals surface area contributed by atoms with E-state index in [9.17, 15) is 0 Å². The van der Waals surface area contributed by atoms with Crippen LogP contribution in [-0.4, -0.2) is 36.7 Å². The smallest absolute Gasteiger partial charge is 0.196 e. The van der Waals surface area contributed by atoms with Crippen LogP contribution in [0.4, 0.5) is 5.69 Å². The van der Waals surface area contributed by atoms with E-state index in [0.29, 0.717) is 12.0 Å². The minimum absolute atomic E-state index is 0.213. The molecular weight excluding hydrogens is 214 g/mol. The molecule has 1 aliphatic rings. The number of nitrogens with two attached hydrogens (primary N) is 1. The van der Waals surface area contributed by atoms with Crippen molar-refractivity contribution in [3.63, 3.8) is 0 Å². The van der Waals surface area contributed by atoms with Crippen molar-refractivity contribution in [3.05, 3.63) is 30.3 Å². The summed E-state index contributed by atoms with van der Waals surface area (Å²) in [5.41, 5.74) is 6.89. The average Bonchev–Trinajstić information content (AvgIpc) is 2.76. The summed E-state index contributed by atoms with van der Waals surface area (Å²) in [7, 11) is 1.97. The van der Waals surface area contributed by atoms with E-state index in [-0.39, 0.29) is 6.10 Å². The Labute approximate surface area is 102 Å². The fraction of sp³-hybridized carbons (Fsp3) is 0.462. The van der Waals surface area contributed by atoms with Gasteiger partial charge in [0.1, 0.15) is 0 Å². The van der Waals surface area contributed by atoms with E-state index in [0.717, 1.165) is 18.7 Å². The molecule has 0 amide bonds. The van der Waals surface area contributed by atoms with Gasteiger partial charge in [0, 0.05) is 13.7 Å². The van der Waals surface area contributed by atoms with Gasteiger partial charge in [-0.1, -0.05) is 18.2 Å². The van der Waals surface area contributed by atoms with Crippen molar-refractivity contribution in [1.29, 1.82) is 0 Å². The van der Waals surface area contributed by atoms with Crippen molar-refractivity contribution < 1.29 is 4.74 Å². The molecule has 1 aromatic carbocycles. The Morgan fingerprint density at radius 1 is 1.41 bits per heavy atom. The Bertz CT molecular complexity index is 391. The highest BCUT2D eigenvalue weighted by molar-refractivity contribution is 5.81. The zero-order valence-electron chi connectivity index (χ0n) is 10.3. The van der Waals surface area contributed by atoms with Gasteiger partial charge < -0.3 is 15.4 Å². The monoisotopic (exact) mass is 233 g/mol. The third-order valence-corrected chi connectivity index (χ3v) is 3.19. The summed E-state index contributed by atoms with van der Waals surface area (Å²) in [5, 5.41) is 0. The number of benzene rings is 1. The molecule has 0 bridgehead atoms. The van der Waals surface area contributed by atoms with Crippen LogP contribution in [0.25, 0.3) is 0 Å². The molecule has 0 radical (unpaired) electrons. The number of rotatable bonds is 2. The third-order valence-electron chi connectivity index (χ3n) is 3.19. The van der Waals surface area contributed by atoms with Crippen LogP contribution in [0.15, 0.2) is 35.3 Å². The summed E-state index contributed by atoms with van der Waals surface area (Å²) in [6, 6.07) is 10.1. The van der Waals surface area contributed by atoms with E-state index in [4.69, 9.17) is 10.5 Å². The molecular formula is C13H19N3O. The standard InChI is InChI=1S/C13H19N3O/c1-10-12(8-9-17-10)16(2)13(14)15-11-6-4-3-5-7-11/h3-7,10,12H,8-9H2,1-2H3,(H2,14,15). The molecule has 1 fully saturated rings. The van der Waals surface area contributed by atoms with Gasteiger partial charge in [0.05, 0.1) is 17.8 Å². The van der Waals surface area contributed by atoms with Gasteiger partial charge in [0.15, 0.2) is 5.96 Å². The quantitative estimate of drug-likeness (QED) is 0.625. The predicted molar refractivity (Wildman–Crippen MR) is 69.3 cm³/mol. The Morgan fingerprint density at radius 2 is 2.12 bits per heavy atom. The van der Waals surface area contributed by atoms with Crippen LogP contribution in [0.3, 0.4) is 0 Å². The number of hydrogen-bond acceptors (Lipinski definition) is 2. The van der Waals surface area contributed by atoms with Gasteiger partial charge in [-0.15, -0.1) is 0 Å². The van der Waals surface area contributed by atoms with Crippen LogP contribution in [0.1, 0.15) is 13.3 Å². The predicted octanol–water partition coefficient (Wildman–Crippen LogP) is 1.74. The second-order valence-electron chi connectivity index (χ2n) is 4.35. The highest BCUT2D eigenvalue weighted by atomic mass is 16.5. The lowest BCUT2D eigenvalue weighted by Gasteiger charge is -2.27. The Hall–Kier alpha value is -1.55. The number of para-hydroxylation sites is 1. The van der Waals surface area contributed by atoms with Crippen molar-refractivity contribution in [1.82, 2.24) is 4.90 Å². The summed E-state index contributed by atoms with van der Waals surface area (Å²) in [6.07, 6.45) is 1.22. The maximum atomic E-state index is 6.01. The fourth-order valence-corrected chi connectivity index (χ4v) is 2.11. The Balaban J connectivity index is 2.09. The minimum atomic E-state index is 0.213.